The first-order chi connectivity index (χ1) is 17.5. The predicted octanol–water partition coefficient (Wildman–Crippen LogP) is 6.20. The van der Waals surface area contributed by atoms with E-state index in [1.807, 2.05) is 37.3 Å². The molecule has 3 aromatic rings. The number of nitrogens with one attached hydrogen (secondary N) is 1. The molecule has 0 aliphatic rings. The second-order valence-corrected chi connectivity index (χ2v) is 7.90. The molecule has 0 aromatic heterocycles. The maximum absolute atomic E-state index is 13.1. The first-order valence-electron chi connectivity index (χ1n) is 11.9. The van der Waals surface area contributed by atoms with Gasteiger partial charge in [0.25, 0.3) is 5.91 Å². The number of halogens is 1. The topological polar surface area (TPSA) is 74.6 Å². The van der Waals surface area contributed by atoms with Gasteiger partial charge in [-0.3, -0.25) is 4.79 Å². The van der Waals surface area contributed by atoms with Crippen LogP contribution in [-0.4, -0.2) is 25.6 Å². The minimum atomic E-state index is -0.498. The first-order valence-corrected chi connectivity index (χ1v) is 11.9. The van der Waals surface area contributed by atoms with Gasteiger partial charge in [-0.05, 0) is 86.5 Å². The van der Waals surface area contributed by atoms with Gasteiger partial charge < -0.3 is 19.7 Å². The molecule has 0 atom stereocenters. The molecule has 3 rings (SSSR count). The lowest BCUT2D eigenvalue weighted by molar-refractivity contribution is -0.112. The molecule has 7 heteroatoms. The van der Waals surface area contributed by atoms with Crippen LogP contribution in [0.5, 0.6) is 11.5 Å². The van der Waals surface area contributed by atoms with Crippen molar-refractivity contribution in [2.45, 2.75) is 27.4 Å². The third kappa shape index (κ3) is 7.09. The number of hydrogen-bond donors (Lipinski definition) is 1. The molecule has 0 spiro atoms. The molecule has 0 aliphatic heterocycles. The van der Waals surface area contributed by atoms with Gasteiger partial charge in [-0.15, -0.1) is 0 Å². The van der Waals surface area contributed by atoms with Crippen LogP contribution in [0.15, 0.2) is 72.3 Å². The molecule has 0 bridgehead atoms. The Bertz CT molecular complexity index is 1230. The number of ether oxygens (including phenoxy) is 2. The Kier molecular flexibility index (Phi) is 9.47. The van der Waals surface area contributed by atoms with E-state index in [0.29, 0.717) is 29.4 Å². The van der Waals surface area contributed by atoms with Crippen molar-refractivity contribution in [3.63, 3.8) is 0 Å². The Morgan fingerprint density at radius 2 is 1.67 bits per heavy atom. The van der Waals surface area contributed by atoms with Crippen LogP contribution in [0.25, 0.3) is 6.08 Å². The second-order valence-electron chi connectivity index (χ2n) is 7.90. The summed E-state index contributed by atoms with van der Waals surface area (Å²) in [6.07, 6.45) is 1.51. The molecule has 0 radical (unpaired) electrons. The van der Waals surface area contributed by atoms with Crippen LogP contribution in [0, 0.1) is 17.1 Å². The van der Waals surface area contributed by atoms with E-state index in [0.717, 1.165) is 24.3 Å². The van der Waals surface area contributed by atoms with Gasteiger partial charge in [0.1, 0.15) is 24.1 Å². The maximum atomic E-state index is 13.1. The van der Waals surface area contributed by atoms with Crippen molar-refractivity contribution in [2.75, 3.05) is 29.9 Å². The SMILES string of the molecule is CCOc1cc(/C=C(/C#N)C(=O)Nc2ccc(N(CC)CC)cc2)ccc1OCc1ccc(F)cc1. The molecule has 0 unspecified atom stereocenters. The van der Waals surface area contributed by atoms with Crippen molar-refractivity contribution in [3.05, 3.63) is 89.2 Å². The smallest absolute Gasteiger partial charge is 0.266 e. The van der Waals surface area contributed by atoms with Crippen LogP contribution in [-0.2, 0) is 11.4 Å². The lowest BCUT2D eigenvalue weighted by Gasteiger charge is -2.21. The van der Waals surface area contributed by atoms with Gasteiger partial charge in [0.15, 0.2) is 11.5 Å². The highest BCUT2D eigenvalue weighted by Crippen LogP contribution is 2.30. The van der Waals surface area contributed by atoms with Crippen molar-refractivity contribution in [1.82, 2.24) is 0 Å². The zero-order valence-electron chi connectivity index (χ0n) is 20.8. The van der Waals surface area contributed by atoms with E-state index >= 15 is 0 Å². The van der Waals surface area contributed by atoms with Gasteiger partial charge in [-0.2, -0.15) is 5.26 Å². The van der Waals surface area contributed by atoms with Crippen molar-refractivity contribution < 1.29 is 18.7 Å². The number of benzene rings is 3. The van der Waals surface area contributed by atoms with Crippen molar-refractivity contribution in [1.29, 1.82) is 5.26 Å². The van der Waals surface area contributed by atoms with Crippen LogP contribution in [0.2, 0.25) is 0 Å². The lowest BCUT2D eigenvalue weighted by Crippen LogP contribution is -2.21. The summed E-state index contributed by atoms with van der Waals surface area (Å²) in [6.45, 7) is 8.47. The van der Waals surface area contributed by atoms with Crippen molar-refractivity contribution in [3.8, 4) is 17.6 Å². The van der Waals surface area contributed by atoms with Crippen molar-refractivity contribution >= 4 is 23.4 Å². The van der Waals surface area contributed by atoms with Gasteiger partial charge in [-0.1, -0.05) is 18.2 Å². The Labute approximate surface area is 211 Å². The maximum Gasteiger partial charge on any atom is 0.266 e. The van der Waals surface area contributed by atoms with E-state index in [1.54, 1.807) is 30.3 Å². The average Bonchev–Trinajstić information content (AvgIpc) is 2.89. The standard InChI is InChI=1S/C29H30FN3O3/c1-4-33(5-2)26-14-12-25(13-15-26)32-29(34)23(19-31)17-22-9-16-27(28(18-22)35-6-3)36-20-21-7-10-24(30)11-8-21/h7-18H,4-6,20H2,1-3H3,(H,32,34)/b23-17-. The second kappa shape index (κ2) is 13.0. The first kappa shape index (κ1) is 26.3. The summed E-state index contributed by atoms with van der Waals surface area (Å²) in [5.74, 6) is 0.189. The lowest BCUT2D eigenvalue weighted by atomic mass is 10.1. The van der Waals surface area contributed by atoms with E-state index in [2.05, 4.69) is 24.1 Å². The zero-order chi connectivity index (χ0) is 25.9. The molecule has 36 heavy (non-hydrogen) atoms. The average molecular weight is 488 g/mol. The minimum absolute atomic E-state index is 0.0368. The fourth-order valence-electron chi connectivity index (χ4n) is 3.60. The highest BCUT2D eigenvalue weighted by Gasteiger charge is 2.12. The predicted molar refractivity (Wildman–Crippen MR) is 141 cm³/mol. The summed E-state index contributed by atoms with van der Waals surface area (Å²) in [5.41, 5.74) is 3.08. The fraction of sp³-hybridized carbons (Fsp3) is 0.241. The van der Waals surface area contributed by atoms with E-state index < -0.39 is 5.91 Å². The van der Waals surface area contributed by atoms with Gasteiger partial charge >= 0.3 is 0 Å². The molecule has 6 nitrogen and oxygen atoms in total. The van der Waals surface area contributed by atoms with Crippen LogP contribution in [0.1, 0.15) is 31.9 Å². The molecule has 3 aromatic carbocycles. The number of carbonyl (C=O) groups excluding carboxylic acids is 1. The highest BCUT2D eigenvalue weighted by molar-refractivity contribution is 6.09. The number of carbonyl (C=O) groups is 1. The summed E-state index contributed by atoms with van der Waals surface area (Å²) < 4.78 is 24.7. The molecule has 0 heterocycles. The van der Waals surface area contributed by atoms with Crippen LogP contribution in [0.4, 0.5) is 15.8 Å². The number of nitrogens with zero attached hydrogens (tertiary/aromatic N) is 2. The number of rotatable bonds is 11. The normalized spacial score (nSPS) is 10.9. The molecular formula is C29H30FN3O3. The van der Waals surface area contributed by atoms with Gasteiger partial charge in [0.2, 0.25) is 0 Å². The largest absolute Gasteiger partial charge is 0.490 e. The Hall–Kier alpha value is -4.31. The van der Waals surface area contributed by atoms with E-state index in [9.17, 15) is 14.4 Å². The number of amides is 1. The third-order valence-corrected chi connectivity index (χ3v) is 5.51. The minimum Gasteiger partial charge on any atom is -0.490 e. The summed E-state index contributed by atoms with van der Waals surface area (Å²) in [4.78, 5) is 14.9. The number of nitriles is 1. The van der Waals surface area contributed by atoms with Gasteiger partial charge in [0.05, 0.1) is 6.61 Å². The van der Waals surface area contributed by atoms with Crippen LogP contribution < -0.4 is 19.7 Å². The van der Waals surface area contributed by atoms with Crippen LogP contribution in [0.3, 0.4) is 0 Å². The monoisotopic (exact) mass is 487 g/mol. The number of anilines is 2. The molecule has 0 fully saturated rings. The third-order valence-electron chi connectivity index (χ3n) is 5.51. The number of hydrogen-bond acceptors (Lipinski definition) is 5. The Balaban J connectivity index is 1.73. The highest BCUT2D eigenvalue weighted by atomic mass is 19.1. The fourth-order valence-corrected chi connectivity index (χ4v) is 3.60. The summed E-state index contributed by atoms with van der Waals surface area (Å²) in [7, 11) is 0. The molecule has 1 N–H and O–H groups in total. The molecular weight excluding hydrogens is 457 g/mol. The molecule has 186 valence electrons. The van der Waals surface area contributed by atoms with Gasteiger partial charge in [-0.25, -0.2) is 4.39 Å². The summed E-state index contributed by atoms with van der Waals surface area (Å²) in [5, 5.41) is 12.4. The molecule has 0 saturated carbocycles. The summed E-state index contributed by atoms with van der Waals surface area (Å²) >= 11 is 0. The van der Waals surface area contributed by atoms with Crippen molar-refractivity contribution in [2.24, 2.45) is 0 Å². The zero-order valence-corrected chi connectivity index (χ0v) is 20.8. The summed E-state index contributed by atoms with van der Waals surface area (Å²) in [6, 6.07) is 20.7. The van der Waals surface area contributed by atoms with E-state index in [4.69, 9.17) is 9.47 Å². The van der Waals surface area contributed by atoms with E-state index in [-0.39, 0.29) is 18.0 Å². The van der Waals surface area contributed by atoms with Crippen LogP contribution >= 0.6 is 0 Å². The van der Waals surface area contributed by atoms with E-state index in [1.165, 1.54) is 18.2 Å². The van der Waals surface area contributed by atoms with Gasteiger partial charge in [0, 0.05) is 24.5 Å². The molecule has 0 aliphatic carbocycles. The Morgan fingerprint density at radius 3 is 2.28 bits per heavy atom. The quantitative estimate of drug-likeness (QED) is 0.258. The Morgan fingerprint density at radius 1 is 0.972 bits per heavy atom. The molecule has 1 amide bonds. The molecule has 0 saturated heterocycles.